The van der Waals surface area contributed by atoms with Crippen LogP contribution in [0.4, 0.5) is 5.69 Å². The summed E-state index contributed by atoms with van der Waals surface area (Å²) in [6.45, 7) is 3.08. The zero-order valence-corrected chi connectivity index (χ0v) is 21.7. The Morgan fingerprint density at radius 2 is 1.81 bits per heavy atom. The molecule has 11 heteroatoms. The van der Waals surface area contributed by atoms with Crippen LogP contribution in [-0.2, 0) is 14.8 Å². The molecule has 0 unspecified atom stereocenters. The number of ether oxygens (including phenoxy) is 1. The van der Waals surface area contributed by atoms with E-state index in [1.54, 1.807) is 31.4 Å². The molecule has 9 nitrogen and oxygen atoms in total. The van der Waals surface area contributed by atoms with Gasteiger partial charge in [0.05, 0.1) is 23.3 Å². The number of aryl methyl sites for hydroxylation is 1. The number of sulfonamides is 1. The Bertz CT molecular complexity index is 1530. The van der Waals surface area contributed by atoms with Gasteiger partial charge >= 0.3 is 0 Å². The summed E-state index contributed by atoms with van der Waals surface area (Å²) in [5.74, 6) is 0.667. The topological polar surface area (TPSA) is 106 Å². The molecule has 1 N–H and O–H groups in total. The van der Waals surface area contributed by atoms with Gasteiger partial charge in [0, 0.05) is 24.2 Å². The van der Waals surface area contributed by atoms with Gasteiger partial charge in [0.2, 0.25) is 15.9 Å². The smallest absolute Gasteiger partial charge is 0.243 e. The van der Waals surface area contributed by atoms with Gasteiger partial charge in [0.1, 0.15) is 5.75 Å². The second-order valence-electron chi connectivity index (χ2n) is 8.72. The molecular formula is C25H27N5O4S2. The summed E-state index contributed by atoms with van der Waals surface area (Å²) in [5.41, 5.74) is 3.17. The third kappa shape index (κ3) is 4.78. The first kappa shape index (κ1) is 24.5. The van der Waals surface area contributed by atoms with Gasteiger partial charge in [0.15, 0.2) is 10.8 Å². The van der Waals surface area contributed by atoms with Gasteiger partial charge in [-0.05, 0) is 73.9 Å². The molecule has 0 spiro atoms. The van der Waals surface area contributed by atoms with Gasteiger partial charge in [-0.25, -0.2) is 8.42 Å². The molecule has 2 aromatic carbocycles. The van der Waals surface area contributed by atoms with Crippen LogP contribution in [0.1, 0.15) is 24.8 Å². The number of pyridine rings is 1. The van der Waals surface area contributed by atoms with E-state index in [2.05, 4.69) is 15.5 Å². The van der Waals surface area contributed by atoms with Crippen molar-refractivity contribution in [2.75, 3.05) is 31.3 Å². The lowest BCUT2D eigenvalue weighted by Gasteiger charge is -2.25. The van der Waals surface area contributed by atoms with E-state index in [1.165, 1.54) is 16.1 Å². The second kappa shape index (κ2) is 10.1. The summed E-state index contributed by atoms with van der Waals surface area (Å²) in [6, 6.07) is 14.2. The molecule has 4 aromatic rings. The number of piperidine rings is 1. The Hall–Kier alpha value is -3.15. The zero-order valence-electron chi connectivity index (χ0n) is 20.1. The molecular weight excluding hydrogens is 498 g/mol. The molecule has 2 aromatic heterocycles. The van der Waals surface area contributed by atoms with Crippen molar-refractivity contribution in [2.45, 2.75) is 36.2 Å². The average molecular weight is 526 g/mol. The zero-order chi connectivity index (χ0) is 25.3. The van der Waals surface area contributed by atoms with E-state index in [1.807, 2.05) is 35.6 Å². The Labute approximate surface area is 213 Å². The third-order valence-electron chi connectivity index (χ3n) is 6.26. The predicted octanol–water partition coefficient (Wildman–Crippen LogP) is 4.10. The monoisotopic (exact) mass is 525 g/mol. The normalized spacial score (nSPS) is 14.8. The molecule has 0 bridgehead atoms. The van der Waals surface area contributed by atoms with Gasteiger partial charge in [-0.15, -0.1) is 10.2 Å². The number of rotatable bonds is 7. The van der Waals surface area contributed by atoms with Gasteiger partial charge in [-0.2, -0.15) is 4.31 Å². The summed E-state index contributed by atoms with van der Waals surface area (Å²) < 4.78 is 34.5. The van der Waals surface area contributed by atoms with E-state index >= 15 is 0 Å². The number of hydrogen-bond acceptors (Lipinski definition) is 7. The Morgan fingerprint density at radius 3 is 2.53 bits per heavy atom. The number of carbonyl (C=O) groups excluding carboxylic acids is 1. The maximum atomic E-state index is 12.8. The van der Waals surface area contributed by atoms with Crippen LogP contribution in [0.25, 0.3) is 16.6 Å². The van der Waals surface area contributed by atoms with Crippen LogP contribution in [0.15, 0.2) is 58.6 Å². The molecule has 1 aliphatic heterocycles. The number of benzene rings is 2. The minimum Gasteiger partial charge on any atom is -0.497 e. The van der Waals surface area contributed by atoms with Crippen LogP contribution >= 0.6 is 11.8 Å². The predicted molar refractivity (Wildman–Crippen MR) is 140 cm³/mol. The molecule has 0 aliphatic carbocycles. The van der Waals surface area contributed by atoms with E-state index in [9.17, 15) is 13.2 Å². The number of anilines is 1. The molecule has 5 rings (SSSR count). The molecule has 0 radical (unpaired) electrons. The fourth-order valence-electron chi connectivity index (χ4n) is 4.40. The van der Waals surface area contributed by atoms with Gasteiger partial charge < -0.3 is 10.1 Å². The molecule has 188 valence electrons. The summed E-state index contributed by atoms with van der Waals surface area (Å²) in [6.07, 6.45) is 2.83. The molecule has 0 atom stereocenters. The van der Waals surface area contributed by atoms with Crippen molar-refractivity contribution in [1.29, 1.82) is 0 Å². The number of carbonyl (C=O) groups is 1. The lowest BCUT2D eigenvalue weighted by molar-refractivity contribution is -0.113. The summed E-state index contributed by atoms with van der Waals surface area (Å²) >= 11 is 1.29. The number of nitrogens with zero attached hydrogens (tertiary/aromatic N) is 4. The first-order valence-electron chi connectivity index (χ1n) is 11.7. The fourth-order valence-corrected chi connectivity index (χ4v) is 6.67. The van der Waals surface area contributed by atoms with Crippen LogP contribution in [0.5, 0.6) is 5.75 Å². The highest BCUT2D eigenvalue weighted by molar-refractivity contribution is 7.99. The lowest BCUT2D eigenvalue weighted by atomic mass is 10.1. The number of aromatic nitrogens is 3. The van der Waals surface area contributed by atoms with Crippen molar-refractivity contribution >= 4 is 49.9 Å². The van der Waals surface area contributed by atoms with Crippen molar-refractivity contribution < 1.29 is 17.9 Å². The van der Waals surface area contributed by atoms with Crippen LogP contribution in [0.3, 0.4) is 0 Å². The minimum absolute atomic E-state index is 0.125. The van der Waals surface area contributed by atoms with E-state index in [-0.39, 0.29) is 16.6 Å². The SMILES string of the molecule is COc1ccc2c(c1)cc(C)c1nnc(SCC(=O)Nc3ccc(S(=O)(=O)N4CCCCC4)cc3)n12. The quantitative estimate of drug-likeness (QED) is 0.362. The van der Waals surface area contributed by atoms with E-state index in [0.29, 0.717) is 23.9 Å². The number of nitrogens with one attached hydrogen (secondary N) is 1. The van der Waals surface area contributed by atoms with Crippen LogP contribution in [-0.4, -0.2) is 59.2 Å². The van der Waals surface area contributed by atoms with Crippen molar-refractivity contribution in [1.82, 2.24) is 18.9 Å². The molecule has 1 fully saturated rings. The highest BCUT2D eigenvalue weighted by atomic mass is 32.2. The van der Waals surface area contributed by atoms with Crippen LogP contribution < -0.4 is 10.1 Å². The number of fused-ring (bicyclic) bond motifs is 3. The van der Waals surface area contributed by atoms with Gasteiger partial charge in [0.25, 0.3) is 0 Å². The van der Waals surface area contributed by atoms with Crippen molar-refractivity contribution in [3.8, 4) is 5.75 Å². The number of thioether (sulfide) groups is 1. The summed E-state index contributed by atoms with van der Waals surface area (Å²) in [4.78, 5) is 12.9. The third-order valence-corrected chi connectivity index (χ3v) is 9.10. The maximum absolute atomic E-state index is 12.8. The number of hydrogen-bond donors (Lipinski definition) is 1. The molecule has 1 saturated heterocycles. The Kier molecular flexibility index (Phi) is 6.87. The standard InChI is InChI=1S/C25H27N5O4S2/c1-17-14-18-15-20(34-2)8-11-22(18)30-24(17)27-28-25(30)35-16-23(31)26-19-6-9-21(10-7-19)36(32,33)29-12-4-3-5-13-29/h6-11,14-15H,3-5,12-13,16H2,1-2H3,(H,26,31). The van der Waals surface area contributed by atoms with Crippen molar-refractivity contribution in [2.24, 2.45) is 0 Å². The number of amides is 1. The highest BCUT2D eigenvalue weighted by Crippen LogP contribution is 2.28. The molecule has 36 heavy (non-hydrogen) atoms. The van der Waals surface area contributed by atoms with Gasteiger partial charge in [-0.1, -0.05) is 18.2 Å². The Balaban J connectivity index is 1.28. The minimum atomic E-state index is -3.50. The van der Waals surface area contributed by atoms with E-state index in [0.717, 1.165) is 47.1 Å². The van der Waals surface area contributed by atoms with E-state index < -0.39 is 10.0 Å². The first-order chi connectivity index (χ1) is 17.4. The largest absolute Gasteiger partial charge is 0.497 e. The maximum Gasteiger partial charge on any atom is 0.243 e. The molecule has 1 amide bonds. The van der Waals surface area contributed by atoms with Gasteiger partial charge in [-0.3, -0.25) is 9.20 Å². The van der Waals surface area contributed by atoms with Crippen molar-refractivity contribution in [3.05, 3.63) is 54.1 Å². The first-order valence-corrected chi connectivity index (χ1v) is 14.1. The molecule has 1 aliphatic rings. The summed E-state index contributed by atoms with van der Waals surface area (Å²) in [5, 5.41) is 13.1. The molecule has 0 saturated carbocycles. The van der Waals surface area contributed by atoms with E-state index in [4.69, 9.17) is 4.74 Å². The van der Waals surface area contributed by atoms with Crippen LogP contribution in [0, 0.1) is 6.92 Å². The fraction of sp³-hybridized carbons (Fsp3) is 0.320. The van der Waals surface area contributed by atoms with Crippen LogP contribution in [0.2, 0.25) is 0 Å². The van der Waals surface area contributed by atoms with Crippen molar-refractivity contribution in [3.63, 3.8) is 0 Å². The average Bonchev–Trinajstić information content (AvgIpc) is 3.33. The molecule has 3 heterocycles. The number of methoxy groups -OCH3 is 1. The summed E-state index contributed by atoms with van der Waals surface area (Å²) in [7, 11) is -1.87. The second-order valence-corrected chi connectivity index (χ2v) is 11.6. The highest BCUT2D eigenvalue weighted by Gasteiger charge is 2.25. The Morgan fingerprint density at radius 1 is 1.06 bits per heavy atom. The lowest BCUT2D eigenvalue weighted by Crippen LogP contribution is -2.35.